The van der Waals surface area contributed by atoms with E-state index in [-0.39, 0.29) is 11.2 Å². The summed E-state index contributed by atoms with van der Waals surface area (Å²) < 4.78 is 6.11. The highest BCUT2D eigenvalue weighted by molar-refractivity contribution is 5.19. The molecule has 106 valence electrons. The Bertz CT molecular complexity index is 440. The molecule has 0 aromatic carbocycles. The first-order chi connectivity index (χ1) is 8.84. The van der Waals surface area contributed by atoms with Gasteiger partial charge in [-0.3, -0.25) is 4.98 Å². The van der Waals surface area contributed by atoms with Crippen molar-refractivity contribution in [2.75, 3.05) is 0 Å². The monoisotopic (exact) mass is 262 g/mol. The van der Waals surface area contributed by atoms with Gasteiger partial charge in [0.25, 0.3) is 0 Å². The number of rotatable bonds is 4. The van der Waals surface area contributed by atoms with E-state index in [4.69, 9.17) is 4.74 Å². The van der Waals surface area contributed by atoms with Crippen molar-refractivity contribution in [1.82, 2.24) is 10.3 Å². The normalized spacial score (nSPS) is 24.6. The van der Waals surface area contributed by atoms with Crippen LogP contribution in [0.4, 0.5) is 0 Å². The molecule has 1 aliphatic heterocycles. The fourth-order valence-corrected chi connectivity index (χ4v) is 3.05. The van der Waals surface area contributed by atoms with Gasteiger partial charge in [-0.2, -0.15) is 0 Å². The lowest BCUT2D eigenvalue weighted by molar-refractivity contribution is -0.0699. The molecule has 1 atom stereocenters. The van der Waals surface area contributed by atoms with Crippen LogP contribution >= 0.6 is 0 Å². The Morgan fingerprint density at radius 1 is 1.37 bits per heavy atom. The first-order valence-electron chi connectivity index (χ1n) is 7.20. The van der Waals surface area contributed by atoms with E-state index in [1.807, 2.05) is 12.3 Å². The zero-order chi connectivity index (χ0) is 14.1. The summed E-state index contributed by atoms with van der Waals surface area (Å²) in [5.74, 6) is 0. The van der Waals surface area contributed by atoms with Gasteiger partial charge in [0, 0.05) is 18.8 Å². The number of ether oxygens (including phenoxy) is 1. The lowest BCUT2D eigenvalue weighted by atomic mass is 9.94. The van der Waals surface area contributed by atoms with Gasteiger partial charge in [-0.25, -0.2) is 0 Å². The minimum atomic E-state index is -0.120. The molecule has 0 spiro atoms. The Kier molecular flexibility index (Phi) is 3.98. The fraction of sp³-hybridized carbons (Fsp3) is 0.688. The van der Waals surface area contributed by atoms with Crippen molar-refractivity contribution in [3.05, 3.63) is 29.6 Å². The molecule has 19 heavy (non-hydrogen) atoms. The highest BCUT2D eigenvalue weighted by Crippen LogP contribution is 2.37. The zero-order valence-corrected chi connectivity index (χ0v) is 12.8. The third-order valence-electron chi connectivity index (χ3n) is 3.96. The lowest BCUT2D eigenvalue weighted by Crippen LogP contribution is -2.43. The quantitative estimate of drug-likeness (QED) is 0.905. The van der Waals surface area contributed by atoms with Crippen LogP contribution in [0.3, 0.4) is 0 Å². The van der Waals surface area contributed by atoms with Crippen molar-refractivity contribution < 1.29 is 4.74 Å². The summed E-state index contributed by atoms with van der Waals surface area (Å²) in [6.45, 7) is 11.6. The van der Waals surface area contributed by atoms with Crippen molar-refractivity contribution >= 4 is 0 Å². The summed E-state index contributed by atoms with van der Waals surface area (Å²) in [7, 11) is 0. The Morgan fingerprint density at radius 2 is 2.11 bits per heavy atom. The summed E-state index contributed by atoms with van der Waals surface area (Å²) >= 11 is 0. The number of aryl methyl sites for hydroxylation is 1. The smallest absolute Gasteiger partial charge is 0.0787 e. The van der Waals surface area contributed by atoms with Crippen LogP contribution in [0.25, 0.3) is 0 Å². The van der Waals surface area contributed by atoms with E-state index >= 15 is 0 Å². The van der Waals surface area contributed by atoms with Gasteiger partial charge in [0.05, 0.1) is 16.9 Å². The van der Waals surface area contributed by atoms with Gasteiger partial charge in [0.2, 0.25) is 0 Å². The third kappa shape index (κ3) is 3.34. The van der Waals surface area contributed by atoms with Crippen molar-refractivity contribution in [2.45, 2.75) is 71.2 Å². The fourth-order valence-electron chi connectivity index (χ4n) is 3.05. The van der Waals surface area contributed by atoms with Gasteiger partial charge in [-0.1, -0.05) is 13.0 Å². The van der Waals surface area contributed by atoms with Crippen molar-refractivity contribution in [3.8, 4) is 0 Å². The Labute approximate surface area is 116 Å². The van der Waals surface area contributed by atoms with Crippen LogP contribution in [-0.4, -0.2) is 22.2 Å². The predicted molar refractivity (Wildman–Crippen MR) is 78.1 cm³/mol. The van der Waals surface area contributed by atoms with E-state index in [1.165, 1.54) is 5.56 Å². The topological polar surface area (TPSA) is 34.2 Å². The molecule has 0 radical (unpaired) electrons. The molecule has 3 heteroatoms. The maximum atomic E-state index is 6.11. The molecule has 1 aliphatic rings. The summed E-state index contributed by atoms with van der Waals surface area (Å²) in [5, 5.41) is 3.63. The van der Waals surface area contributed by atoms with E-state index in [0.717, 1.165) is 25.1 Å². The number of hydrogen-bond donors (Lipinski definition) is 1. The molecule has 0 amide bonds. The predicted octanol–water partition coefficient (Wildman–Crippen LogP) is 3.08. The van der Waals surface area contributed by atoms with E-state index in [2.05, 4.69) is 51.0 Å². The minimum Gasteiger partial charge on any atom is -0.368 e. The van der Waals surface area contributed by atoms with Gasteiger partial charge >= 0.3 is 0 Å². The largest absolute Gasteiger partial charge is 0.368 e. The third-order valence-corrected chi connectivity index (χ3v) is 3.96. The molecule has 0 aliphatic carbocycles. The van der Waals surface area contributed by atoms with Crippen LogP contribution in [0.5, 0.6) is 0 Å². The number of pyridine rings is 1. The van der Waals surface area contributed by atoms with Gasteiger partial charge in [0.15, 0.2) is 0 Å². The van der Waals surface area contributed by atoms with Crippen molar-refractivity contribution in [2.24, 2.45) is 0 Å². The molecule has 1 unspecified atom stereocenters. The molecule has 0 saturated carbocycles. The Balaban J connectivity index is 2.03. The summed E-state index contributed by atoms with van der Waals surface area (Å²) in [5.41, 5.74) is 2.32. The molecule has 1 aromatic heterocycles. The molecule has 3 nitrogen and oxygen atoms in total. The molecule has 1 aromatic rings. The number of nitrogens with one attached hydrogen (secondary N) is 1. The van der Waals surface area contributed by atoms with Crippen molar-refractivity contribution in [3.63, 3.8) is 0 Å². The maximum absolute atomic E-state index is 6.11. The molecule has 1 N–H and O–H groups in total. The van der Waals surface area contributed by atoms with Gasteiger partial charge in [-0.15, -0.1) is 0 Å². The minimum absolute atomic E-state index is 0.0428. The highest BCUT2D eigenvalue weighted by atomic mass is 16.5. The van der Waals surface area contributed by atoms with Crippen molar-refractivity contribution in [1.29, 1.82) is 0 Å². The molecule has 2 heterocycles. The molecule has 0 bridgehead atoms. The van der Waals surface area contributed by atoms with E-state index in [9.17, 15) is 0 Å². The SMILES string of the molecule is CCc1cccnc1CNC1CC(C)(C)OC1(C)C. The second kappa shape index (κ2) is 5.22. The maximum Gasteiger partial charge on any atom is 0.0787 e. The Morgan fingerprint density at radius 3 is 2.68 bits per heavy atom. The molecule has 2 rings (SSSR count). The van der Waals surface area contributed by atoms with Crippen LogP contribution < -0.4 is 5.32 Å². The summed E-state index contributed by atoms with van der Waals surface area (Å²) in [6.07, 6.45) is 3.94. The van der Waals surface area contributed by atoms with Gasteiger partial charge < -0.3 is 10.1 Å². The van der Waals surface area contributed by atoms with Crippen LogP contribution in [0.2, 0.25) is 0 Å². The number of hydrogen-bond acceptors (Lipinski definition) is 3. The van der Waals surface area contributed by atoms with E-state index in [1.54, 1.807) is 0 Å². The molecular formula is C16H26N2O. The van der Waals surface area contributed by atoms with Gasteiger partial charge in [0.1, 0.15) is 0 Å². The lowest BCUT2D eigenvalue weighted by Gasteiger charge is -2.28. The molecule has 1 fully saturated rings. The second-order valence-electron chi connectivity index (χ2n) is 6.57. The van der Waals surface area contributed by atoms with E-state index < -0.39 is 0 Å². The standard InChI is InChI=1S/C16H26N2O/c1-6-12-8-7-9-17-13(12)11-18-14-10-15(2,3)19-16(14,4)5/h7-9,14,18H,6,10-11H2,1-5H3. The summed E-state index contributed by atoms with van der Waals surface area (Å²) in [6, 6.07) is 4.53. The van der Waals surface area contributed by atoms with Crippen LogP contribution in [0, 0.1) is 0 Å². The number of nitrogens with zero attached hydrogens (tertiary/aromatic N) is 1. The molecular weight excluding hydrogens is 236 g/mol. The van der Waals surface area contributed by atoms with Crippen LogP contribution in [0.15, 0.2) is 18.3 Å². The average Bonchev–Trinajstić information content (AvgIpc) is 2.54. The van der Waals surface area contributed by atoms with Crippen LogP contribution in [-0.2, 0) is 17.7 Å². The Hall–Kier alpha value is -0.930. The average molecular weight is 262 g/mol. The van der Waals surface area contributed by atoms with E-state index in [0.29, 0.717) is 6.04 Å². The first-order valence-corrected chi connectivity index (χ1v) is 7.20. The zero-order valence-electron chi connectivity index (χ0n) is 12.8. The second-order valence-corrected chi connectivity index (χ2v) is 6.57. The highest BCUT2D eigenvalue weighted by Gasteiger charge is 2.45. The van der Waals surface area contributed by atoms with Crippen LogP contribution in [0.1, 0.15) is 52.3 Å². The number of aromatic nitrogens is 1. The first kappa shape index (κ1) is 14.5. The summed E-state index contributed by atoms with van der Waals surface area (Å²) in [4.78, 5) is 4.49. The van der Waals surface area contributed by atoms with Gasteiger partial charge in [-0.05, 0) is 52.2 Å². The molecule has 1 saturated heterocycles.